The van der Waals surface area contributed by atoms with E-state index in [0.29, 0.717) is 48.6 Å². The zero-order valence-electron chi connectivity index (χ0n) is 23.9. The summed E-state index contributed by atoms with van der Waals surface area (Å²) in [5.74, 6) is 0.924. The second kappa shape index (κ2) is 14.2. The first kappa shape index (κ1) is 31.5. The Kier molecular flexibility index (Phi) is 10.6. The van der Waals surface area contributed by atoms with Crippen molar-refractivity contribution in [2.24, 2.45) is 11.7 Å². The molecule has 0 unspecified atom stereocenters. The minimum absolute atomic E-state index is 0.0733. The summed E-state index contributed by atoms with van der Waals surface area (Å²) >= 11 is 12.8. The first-order valence-electron chi connectivity index (χ1n) is 14.2. The van der Waals surface area contributed by atoms with Gasteiger partial charge in [-0.05, 0) is 61.2 Å². The van der Waals surface area contributed by atoms with E-state index < -0.39 is 0 Å². The molecule has 42 heavy (non-hydrogen) atoms. The lowest BCUT2D eigenvalue weighted by molar-refractivity contribution is -0.134. The highest BCUT2D eigenvalue weighted by atomic mass is 35.5. The van der Waals surface area contributed by atoms with Gasteiger partial charge in [-0.2, -0.15) is 0 Å². The smallest absolute Gasteiger partial charge is 0.290 e. The Morgan fingerprint density at radius 2 is 2.02 bits per heavy atom. The number of nitrogens with two attached hydrogens (primary N) is 1. The molecule has 11 heteroatoms. The monoisotopic (exact) mass is 613 g/mol. The lowest BCUT2D eigenvalue weighted by Gasteiger charge is -2.53. The average Bonchev–Trinajstić information content (AvgIpc) is 2.98. The van der Waals surface area contributed by atoms with Crippen molar-refractivity contribution in [3.8, 4) is 17.1 Å². The maximum atomic E-state index is 13.2. The number of rotatable bonds is 7. The Balaban J connectivity index is 0.00000129. The molecule has 3 N–H and O–H groups in total. The molecule has 2 aromatic heterocycles. The number of carbonyl (C=O) groups excluding carboxylic acids is 1. The number of fused-ring (bicyclic) bond motifs is 2. The molecule has 2 aliphatic rings. The lowest BCUT2D eigenvalue weighted by atomic mass is 9.62. The number of carboxylic acid groups (broad SMARTS) is 1. The van der Waals surface area contributed by atoms with Gasteiger partial charge in [0.1, 0.15) is 0 Å². The molecule has 1 aromatic carbocycles. The van der Waals surface area contributed by atoms with Gasteiger partial charge in [-0.1, -0.05) is 42.6 Å². The molecule has 0 radical (unpaired) electrons. The number of ether oxygens (including phenoxy) is 1. The van der Waals surface area contributed by atoms with Crippen molar-refractivity contribution >= 4 is 41.3 Å². The zero-order chi connectivity index (χ0) is 30.3. The molecule has 1 spiro atoms. The fourth-order valence-corrected chi connectivity index (χ4v) is 6.82. The average molecular weight is 615 g/mol. The number of hydrogen-bond donors (Lipinski definition) is 2. The summed E-state index contributed by atoms with van der Waals surface area (Å²) in [6, 6.07) is 13.9. The topological polar surface area (TPSA) is 122 Å². The van der Waals surface area contributed by atoms with Gasteiger partial charge < -0.3 is 25.4 Å². The van der Waals surface area contributed by atoms with Crippen LogP contribution in [0.25, 0.3) is 11.3 Å². The molecule has 224 valence electrons. The molecule has 9 nitrogen and oxygen atoms in total. The maximum Gasteiger partial charge on any atom is 0.290 e. The summed E-state index contributed by atoms with van der Waals surface area (Å²) in [5, 5.41) is 8.17. The molecular weight excluding hydrogens is 577 g/mol. The Labute approximate surface area is 256 Å². The van der Waals surface area contributed by atoms with E-state index in [1.807, 2.05) is 36.1 Å². The fourth-order valence-electron chi connectivity index (χ4n) is 6.29. The number of amides is 1. The largest absolute Gasteiger partial charge is 0.483 e. The molecule has 1 saturated heterocycles. The summed E-state index contributed by atoms with van der Waals surface area (Å²) < 4.78 is 5.79. The quantitative estimate of drug-likeness (QED) is 0.339. The van der Waals surface area contributed by atoms with Crippen LogP contribution in [0.3, 0.4) is 0 Å². The third-order valence-corrected chi connectivity index (χ3v) is 8.69. The highest BCUT2D eigenvalue weighted by Gasteiger charge is 2.49. The zero-order valence-corrected chi connectivity index (χ0v) is 25.4. The predicted molar refractivity (Wildman–Crippen MR) is 165 cm³/mol. The van der Waals surface area contributed by atoms with Crippen LogP contribution in [0.4, 0.5) is 5.69 Å². The van der Waals surface area contributed by atoms with Crippen LogP contribution >= 0.6 is 23.2 Å². The van der Waals surface area contributed by atoms with Crippen molar-refractivity contribution in [2.75, 3.05) is 37.7 Å². The Morgan fingerprint density at radius 1 is 1.24 bits per heavy atom. The molecule has 3 aromatic rings. The van der Waals surface area contributed by atoms with Crippen molar-refractivity contribution < 1.29 is 19.4 Å². The Morgan fingerprint density at radius 3 is 2.71 bits per heavy atom. The van der Waals surface area contributed by atoms with Gasteiger partial charge in [-0.25, -0.2) is 4.98 Å². The number of benzene rings is 1. The van der Waals surface area contributed by atoms with E-state index in [9.17, 15) is 4.79 Å². The number of aromatic nitrogens is 2. The van der Waals surface area contributed by atoms with E-state index in [-0.39, 0.29) is 23.7 Å². The molecule has 1 fully saturated rings. The molecule has 2 atom stereocenters. The van der Waals surface area contributed by atoms with Crippen LogP contribution in [0, 0.1) is 5.92 Å². The third-order valence-electron chi connectivity index (χ3n) is 8.16. The lowest BCUT2D eigenvalue weighted by Crippen LogP contribution is -2.58. The van der Waals surface area contributed by atoms with Crippen LogP contribution in [0.15, 0.2) is 48.7 Å². The van der Waals surface area contributed by atoms with E-state index in [0.717, 1.165) is 48.6 Å². The Hall–Kier alpha value is -3.40. The summed E-state index contributed by atoms with van der Waals surface area (Å²) in [7, 11) is 0. The van der Waals surface area contributed by atoms with Crippen molar-refractivity contribution in [3.05, 3.63) is 70.0 Å². The molecule has 4 heterocycles. The first-order chi connectivity index (χ1) is 20.3. The summed E-state index contributed by atoms with van der Waals surface area (Å²) in [6.07, 6.45) is 3.88. The number of carbonyl (C=O) groups is 2. The van der Waals surface area contributed by atoms with Crippen molar-refractivity contribution in [2.45, 2.75) is 45.1 Å². The first-order valence-corrected chi connectivity index (χ1v) is 14.9. The standard InChI is InChI=1S/C30H35Cl2N5O2.CH2O2/c1-3-20-17-36(27-10-7-21(31)16-24(27)32)15-12-30(20)19-37(28(38)11-13-33)18-26-23(30)8-9-25(35-26)22-6-5-14-34-29(22)39-4-2;2-1-3/h5-10,14,16,20H,3-4,11-13,15,17-19,33H2,1-2H3;1H,(H,2,3)/t20-,30+;/m1./s1. The number of halogens is 2. The molecule has 0 saturated carbocycles. The van der Waals surface area contributed by atoms with Gasteiger partial charge in [0, 0.05) is 49.2 Å². The number of piperidine rings is 1. The Bertz CT molecular complexity index is 1410. The molecule has 0 bridgehead atoms. The van der Waals surface area contributed by atoms with Crippen LogP contribution in [0.5, 0.6) is 5.88 Å². The van der Waals surface area contributed by atoms with Crippen LogP contribution in [0.1, 0.15) is 44.4 Å². The summed E-state index contributed by atoms with van der Waals surface area (Å²) in [6.45, 7) is 7.55. The van der Waals surface area contributed by atoms with Gasteiger partial charge in [0.25, 0.3) is 6.47 Å². The van der Waals surface area contributed by atoms with E-state index in [4.69, 9.17) is 48.6 Å². The second-order valence-electron chi connectivity index (χ2n) is 10.4. The van der Waals surface area contributed by atoms with Gasteiger partial charge in [-0.3, -0.25) is 14.6 Å². The fraction of sp³-hybridized carbons (Fsp3) is 0.419. The number of pyridine rings is 2. The number of nitrogens with zero attached hydrogens (tertiary/aromatic N) is 4. The minimum atomic E-state index is -0.250. The molecule has 2 aliphatic heterocycles. The van der Waals surface area contributed by atoms with Gasteiger partial charge in [-0.15, -0.1) is 0 Å². The van der Waals surface area contributed by atoms with Crippen molar-refractivity contribution in [1.29, 1.82) is 0 Å². The van der Waals surface area contributed by atoms with Gasteiger partial charge in [0.05, 0.1) is 40.8 Å². The number of anilines is 1. The maximum absolute atomic E-state index is 13.2. The summed E-state index contributed by atoms with van der Waals surface area (Å²) in [5.41, 5.74) is 10.4. The predicted octanol–water partition coefficient (Wildman–Crippen LogP) is 5.42. The molecule has 1 amide bonds. The molecular formula is C31H37Cl2N5O4. The van der Waals surface area contributed by atoms with Gasteiger partial charge in [0.15, 0.2) is 0 Å². The molecule has 5 rings (SSSR count). The van der Waals surface area contributed by atoms with Gasteiger partial charge >= 0.3 is 0 Å². The normalized spacial score (nSPS) is 19.5. The highest BCUT2D eigenvalue weighted by Crippen LogP contribution is 2.48. The van der Waals surface area contributed by atoms with Crippen molar-refractivity contribution in [3.63, 3.8) is 0 Å². The van der Waals surface area contributed by atoms with Crippen molar-refractivity contribution in [1.82, 2.24) is 14.9 Å². The van der Waals surface area contributed by atoms with Crippen LogP contribution < -0.4 is 15.4 Å². The van der Waals surface area contributed by atoms with E-state index >= 15 is 0 Å². The third kappa shape index (κ3) is 6.48. The minimum Gasteiger partial charge on any atom is -0.483 e. The highest BCUT2D eigenvalue weighted by molar-refractivity contribution is 6.36. The van der Waals surface area contributed by atoms with Crippen LogP contribution in [0.2, 0.25) is 10.0 Å². The number of hydrogen-bond acceptors (Lipinski definition) is 7. The second-order valence-corrected chi connectivity index (χ2v) is 11.3. The van der Waals surface area contributed by atoms with Crippen LogP contribution in [-0.4, -0.2) is 65.1 Å². The SMILES string of the molecule is CCOc1ncccc1-c1ccc2c(n1)CN(C(=O)CCN)C[C@]21CCN(c2ccc(Cl)cc2Cl)C[C@H]1CC.O=CO. The summed E-state index contributed by atoms with van der Waals surface area (Å²) in [4.78, 5) is 35.5. The van der Waals surface area contributed by atoms with Crippen LogP contribution in [-0.2, 0) is 21.5 Å². The molecule has 0 aliphatic carbocycles. The van der Waals surface area contributed by atoms with E-state index in [1.165, 1.54) is 5.56 Å². The van der Waals surface area contributed by atoms with Gasteiger partial charge in [0.2, 0.25) is 11.8 Å². The van der Waals surface area contributed by atoms with E-state index in [1.54, 1.807) is 12.3 Å². The van der Waals surface area contributed by atoms with E-state index in [2.05, 4.69) is 28.9 Å².